The van der Waals surface area contributed by atoms with Gasteiger partial charge in [-0.2, -0.15) is 10.1 Å². The van der Waals surface area contributed by atoms with Crippen LogP contribution >= 0.6 is 0 Å². The lowest BCUT2D eigenvalue weighted by molar-refractivity contribution is 0.306. The summed E-state index contributed by atoms with van der Waals surface area (Å²) in [5, 5.41) is 14.0. The maximum Gasteiger partial charge on any atom is 0.265 e. The molecule has 2 heterocycles. The van der Waals surface area contributed by atoms with Crippen LogP contribution in [0.15, 0.2) is 84.0 Å². The molecule has 2 aromatic heterocycles. The van der Waals surface area contributed by atoms with Gasteiger partial charge in [-0.3, -0.25) is 0 Å². The van der Waals surface area contributed by atoms with Crippen LogP contribution in [0.5, 0.6) is 5.75 Å². The molecule has 0 amide bonds. The summed E-state index contributed by atoms with van der Waals surface area (Å²) >= 11 is 0. The first kappa shape index (κ1) is 20.6. The van der Waals surface area contributed by atoms with Gasteiger partial charge in [0.05, 0.1) is 11.7 Å². The number of aryl methyl sites for hydroxylation is 1. The van der Waals surface area contributed by atoms with E-state index in [1.807, 2.05) is 66.7 Å². The van der Waals surface area contributed by atoms with Gasteiger partial charge >= 0.3 is 0 Å². The van der Waals surface area contributed by atoms with Crippen molar-refractivity contribution in [1.82, 2.24) is 19.7 Å². The van der Waals surface area contributed by atoms with Crippen molar-refractivity contribution < 1.29 is 4.74 Å². The van der Waals surface area contributed by atoms with Crippen LogP contribution in [0.2, 0.25) is 0 Å². The molecule has 7 heteroatoms. The van der Waals surface area contributed by atoms with Crippen molar-refractivity contribution in [3.8, 4) is 5.75 Å². The zero-order valence-electron chi connectivity index (χ0n) is 18.3. The number of para-hydroxylation sites is 2. The van der Waals surface area contributed by atoms with E-state index in [9.17, 15) is 0 Å². The van der Waals surface area contributed by atoms with Crippen molar-refractivity contribution in [2.45, 2.75) is 26.5 Å². The molecule has 0 atom stereocenters. The van der Waals surface area contributed by atoms with Crippen LogP contribution in [0.4, 0.5) is 5.95 Å². The van der Waals surface area contributed by atoms with Crippen molar-refractivity contribution in [1.29, 1.82) is 0 Å². The Bertz CT molecular complexity index is 1410. The summed E-state index contributed by atoms with van der Waals surface area (Å²) in [5.41, 5.74) is 7.60. The Hall–Kier alpha value is -4.26. The quantitative estimate of drug-likeness (QED) is 0.260. The lowest BCUT2D eigenvalue weighted by Gasteiger charge is -2.09. The van der Waals surface area contributed by atoms with Gasteiger partial charge in [0, 0.05) is 17.5 Å². The molecule has 0 saturated carbocycles. The smallest absolute Gasteiger partial charge is 0.265 e. The van der Waals surface area contributed by atoms with E-state index in [0.717, 1.165) is 51.9 Å². The van der Waals surface area contributed by atoms with Gasteiger partial charge in [-0.05, 0) is 30.2 Å². The van der Waals surface area contributed by atoms with E-state index in [1.165, 1.54) is 0 Å². The average molecular weight is 437 g/mol. The Balaban J connectivity index is 1.36. The van der Waals surface area contributed by atoms with Crippen LogP contribution in [0.3, 0.4) is 0 Å². The van der Waals surface area contributed by atoms with Gasteiger partial charge in [0.1, 0.15) is 17.9 Å². The van der Waals surface area contributed by atoms with Crippen molar-refractivity contribution in [3.63, 3.8) is 0 Å². The molecule has 0 aliphatic carbocycles. The number of hydrogen-bond acceptors (Lipinski definition) is 6. The van der Waals surface area contributed by atoms with Crippen molar-refractivity contribution in [3.05, 3.63) is 90.0 Å². The summed E-state index contributed by atoms with van der Waals surface area (Å²) in [6.07, 6.45) is 2.70. The first-order valence-electron chi connectivity index (χ1n) is 11.0. The molecule has 164 valence electrons. The molecular weight excluding hydrogens is 412 g/mol. The number of nitrogens with zero attached hydrogens (tertiary/aromatic N) is 5. The number of hydrogen-bond donors (Lipinski definition) is 1. The predicted molar refractivity (Wildman–Crippen MR) is 132 cm³/mol. The van der Waals surface area contributed by atoms with Crippen LogP contribution in [0.1, 0.15) is 24.5 Å². The number of hydrazone groups is 1. The molecule has 5 rings (SSSR count). The molecule has 0 aliphatic heterocycles. The number of benzene rings is 3. The minimum absolute atomic E-state index is 0.349. The first-order valence-corrected chi connectivity index (χ1v) is 11.0. The third-order valence-corrected chi connectivity index (χ3v) is 5.35. The predicted octanol–water partition coefficient (Wildman–Crippen LogP) is 5.41. The monoisotopic (exact) mass is 436 g/mol. The largest absolute Gasteiger partial charge is 0.488 e. The number of anilines is 1. The molecule has 0 bridgehead atoms. The molecule has 1 N–H and O–H groups in total. The second kappa shape index (κ2) is 9.48. The Morgan fingerprint density at radius 1 is 0.939 bits per heavy atom. The van der Waals surface area contributed by atoms with E-state index >= 15 is 0 Å². The number of fused-ring (bicyclic) bond motifs is 3. The van der Waals surface area contributed by atoms with Crippen LogP contribution in [-0.4, -0.2) is 26.0 Å². The van der Waals surface area contributed by atoms with E-state index < -0.39 is 0 Å². The van der Waals surface area contributed by atoms with E-state index in [4.69, 9.17) is 9.72 Å². The molecule has 5 aromatic rings. The van der Waals surface area contributed by atoms with Crippen molar-refractivity contribution >= 4 is 34.2 Å². The summed E-state index contributed by atoms with van der Waals surface area (Å²) in [6, 6.07) is 26.0. The second-order valence-electron chi connectivity index (χ2n) is 7.66. The SMILES string of the molecule is CCCn1c2ccccc2c2nnc(N/N=C/c3ccccc3OCc3ccccc3)nc21. The summed E-state index contributed by atoms with van der Waals surface area (Å²) in [7, 11) is 0. The fraction of sp³-hybridized carbons (Fsp3) is 0.154. The molecule has 33 heavy (non-hydrogen) atoms. The van der Waals surface area contributed by atoms with Crippen LogP contribution < -0.4 is 10.2 Å². The fourth-order valence-electron chi connectivity index (χ4n) is 3.81. The van der Waals surface area contributed by atoms with Crippen molar-refractivity contribution in [2.24, 2.45) is 5.10 Å². The fourth-order valence-corrected chi connectivity index (χ4v) is 3.81. The van der Waals surface area contributed by atoms with Gasteiger partial charge in [-0.1, -0.05) is 67.6 Å². The minimum Gasteiger partial charge on any atom is -0.488 e. The first-order chi connectivity index (χ1) is 16.3. The molecule has 7 nitrogen and oxygen atoms in total. The molecule has 3 aromatic carbocycles. The molecule has 0 unspecified atom stereocenters. The standard InChI is InChI=1S/C26H24N6O/c1-2-16-32-22-14-8-7-13-21(22)24-25(32)28-26(31-29-24)30-27-17-20-12-6-9-15-23(20)33-18-19-10-4-3-5-11-19/h3-15,17H,2,16,18H2,1H3,(H,28,30,31)/b27-17+. The number of nitrogens with one attached hydrogen (secondary N) is 1. The van der Waals surface area contributed by atoms with E-state index in [1.54, 1.807) is 6.21 Å². The van der Waals surface area contributed by atoms with E-state index in [2.05, 4.69) is 44.3 Å². The second-order valence-corrected chi connectivity index (χ2v) is 7.66. The molecule has 0 saturated heterocycles. The van der Waals surface area contributed by atoms with Gasteiger partial charge in [0.15, 0.2) is 5.65 Å². The Morgan fingerprint density at radius 3 is 2.61 bits per heavy atom. The highest BCUT2D eigenvalue weighted by molar-refractivity contribution is 6.04. The van der Waals surface area contributed by atoms with E-state index in [-0.39, 0.29) is 0 Å². The van der Waals surface area contributed by atoms with Gasteiger partial charge in [-0.15, -0.1) is 10.2 Å². The van der Waals surface area contributed by atoms with Crippen LogP contribution in [0.25, 0.3) is 22.1 Å². The Morgan fingerprint density at radius 2 is 1.73 bits per heavy atom. The number of ether oxygens (including phenoxy) is 1. The van der Waals surface area contributed by atoms with Crippen molar-refractivity contribution in [2.75, 3.05) is 5.43 Å². The van der Waals surface area contributed by atoms with Gasteiger partial charge in [-0.25, -0.2) is 5.43 Å². The maximum absolute atomic E-state index is 5.99. The van der Waals surface area contributed by atoms with Gasteiger partial charge < -0.3 is 9.30 Å². The topological polar surface area (TPSA) is 77.2 Å². The van der Waals surface area contributed by atoms with Crippen LogP contribution in [-0.2, 0) is 13.2 Å². The molecule has 0 fully saturated rings. The normalized spacial score (nSPS) is 11.4. The summed E-state index contributed by atoms with van der Waals surface area (Å²) in [4.78, 5) is 4.69. The Kier molecular flexibility index (Phi) is 5.93. The minimum atomic E-state index is 0.349. The molecule has 0 radical (unpaired) electrons. The van der Waals surface area contributed by atoms with Gasteiger partial charge in [0.2, 0.25) is 0 Å². The summed E-state index contributed by atoms with van der Waals surface area (Å²) in [6.45, 7) is 3.50. The highest BCUT2D eigenvalue weighted by Crippen LogP contribution is 2.26. The summed E-state index contributed by atoms with van der Waals surface area (Å²) in [5.74, 6) is 1.10. The highest BCUT2D eigenvalue weighted by atomic mass is 16.5. The lowest BCUT2D eigenvalue weighted by Crippen LogP contribution is -2.03. The lowest BCUT2D eigenvalue weighted by atomic mass is 10.2. The summed E-state index contributed by atoms with van der Waals surface area (Å²) < 4.78 is 8.18. The maximum atomic E-state index is 5.99. The number of rotatable bonds is 8. The highest BCUT2D eigenvalue weighted by Gasteiger charge is 2.13. The van der Waals surface area contributed by atoms with Crippen LogP contribution in [0, 0.1) is 0 Å². The Labute approximate surface area is 191 Å². The third kappa shape index (κ3) is 4.39. The van der Waals surface area contributed by atoms with E-state index in [0.29, 0.717) is 12.6 Å². The zero-order valence-corrected chi connectivity index (χ0v) is 18.3. The molecule has 0 aliphatic rings. The molecular formula is C26H24N6O. The number of aromatic nitrogens is 4. The third-order valence-electron chi connectivity index (χ3n) is 5.35. The zero-order chi connectivity index (χ0) is 22.5. The molecule has 0 spiro atoms. The van der Waals surface area contributed by atoms with Gasteiger partial charge in [0.25, 0.3) is 5.95 Å². The average Bonchev–Trinajstić information content (AvgIpc) is 3.17.